The van der Waals surface area contributed by atoms with E-state index in [-0.39, 0.29) is 17.9 Å². The van der Waals surface area contributed by atoms with Gasteiger partial charge in [-0.25, -0.2) is 4.98 Å². The second kappa shape index (κ2) is 7.88. The Balaban J connectivity index is 1.33. The number of nitrogens with one attached hydrogen (secondary N) is 2. The van der Waals surface area contributed by atoms with Gasteiger partial charge in [0.25, 0.3) is 0 Å². The molecule has 2 aliphatic carbocycles. The summed E-state index contributed by atoms with van der Waals surface area (Å²) in [4.78, 5) is 20.8. The van der Waals surface area contributed by atoms with Crippen molar-refractivity contribution in [2.45, 2.75) is 57.4 Å². The number of carbonyl (C=O) groups is 1. The normalized spacial score (nSPS) is 22.7. The van der Waals surface area contributed by atoms with Gasteiger partial charge in [-0.05, 0) is 80.5 Å². The van der Waals surface area contributed by atoms with Gasteiger partial charge in [0.2, 0.25) is 5.91 Å². The predicted octanol–water partition coefficient (Wildman–Crippen LogP) is 5.20. The Morgan fingerprint density at radius 3 is 2.50 bits per heavy atom. The highest BCUT2D eigenvalue weighted by atomic mass is 16.1. The van der Waals surface area contributed by atoms with E-state index in [2.05, 4.69) is 52.5 Å². The minimum Gasteiger partial charge on any atom is -0.339 e. The van der Waals surface area contributed by atoms with Crippen LogP contribution >= 0.6 is 0 Å². The summed E-state index contributed by atoms with van der Waals surface area (Å²) >= 11 is 0. The van der Waals surface area contributed by atoms with Gasteiger partial charge in [0.1, 0.15) is 5.65 Å². The summed E-state index contributed by atoms with van der Waals surface area (Å²) in [5, 5.41) is 4.12. The molecule has 5 nitrogen and oxygen atoms in total. The number of amides is 1. The van der Waals surface area contributed by atoms with Crippen molar-refractivity contribution >= 4 is 22.6 Å². The number of H-pyrrole nitrogens is 1. The summed E-state index contributed by atoms with van der Waals surface area (Å²) in [6.45, 7) is 2.07. The van der Waals surface area contributed by atoms with Crippen molar-refractivity contribution in [2.24, 2.45) is 17.6 Å². The van der Waals surface area contributed by atoms with Gasteiger partial charge in [0.15, 0.2) is 0 Å². The van der Waals surface area contributed by atoms with Crippen molar-refractivity contribution in [1.29, 1.82) is 0 Å². The molecule has 0 saturated heterocycles. The fraction of sp³-hybridized carbons (Fsp3) is 0.440. The number of rotatable bonds is 5. The van der Waals surface area contributed by atoms with E-state index >= 15 is 0 Å². The van der Waals surface area contributed by atoms with Crippen LogP contribution in [0.5, 0.6) is 0 Å². The second-order valence-electron chi connectivity index (χ2n) is 9.16. The molecule has 3 aromatic rings. The van der Waals surface area contributed by atoms with E-state index in [9.17, 15) is 4.79 Å². The lowest BCUT2D eigenvalue weighted by molar-refractivity contribution is -0.121. The first-order valence-electron chi connectivity index (χ1n) is 11.2. The molecular weight excluding hydrogens is 372 g/mol. The van der Waals surface area contributed by atoms with Crippen LogP contribution in [0.2, 0.25) is 0 Å². The molecule has 0 bridgehead atoms. The summed E-state index contributed by atoms with van der Waals surface area (Å²) < 4.78 is 0. The molecule has 2 aromatic heterocycles. The van der Waals surface area contributed by atoms with Gasteiger partial charge in [0.05, 0.1) is 5.69 Å². The first kappa shape index (κ1) is 19.3. The third kappa shape index (κ3) is 3.86. The molecule has 30 heavy (non-hydrogen) atoms. The number of hydrogen-bond donors (Lipinski definition) is 3. The lowest BCUT2D eigenvalue weighted by Gasteiger charge is -2.30. The largest absolute Gasteiger partial charge is 0.339 e. The van der Waals surface area contributed by atoms with Crippen LogP contribution in [-0.2, 0) is 4.79 Å². The van der Waals surface area contributed by atoms with Crippen molar-refractivity contribution in [1.82, 2.24) is 9.97 Å². The molecule has 5 rings (SSSR count). The van der Waals surface area contributed by atoms with Crippen molar-refractivity contribution in [3.05, 3.63) is 48.2 Å². The molecule has 1 amide bonds. The summed E-state index contributed by atoms with van der Waals surface area (Å²) in [6, 6.07) is 13.0. The minimum absolute atomic E-state index is 0.0663. The number of fused-ring (bicyclic) bond motifs is 1. The van der Waals surface area contributed by atoms with E-state index in [0.717, 1.165) is 59.6 Å². The Bertz CT molecular complexity index is 1040. The number of anilines is 1. The molecule has 2 fully saturated rings. The zero-order valence-electron chi connectivity index (χ0n) is 17.5. The topological polar surface area (TPSA) is 83.8 Å². The Labute approximate surface area is 177 Å². The molecule has 1 aromatic carbocycles. The fourth-order valence-corrected chi connectivity index (χ4v) is 4.78. The standard InChI is InChI=1S/C25H30N4O/c1-15(26)16-2-10-20(11-3-16)25(30)29-22-12-13-27-24-21(22)14-23(28-24)19-8-6-18(7-9-19)17-4-5-17/h6-9,12-17,20H,2-5,10-11,26H2,1H3,(H2,27,28,29,30). The van der Waals surface area contributed by atoms with Crippen LogP contribution in [0.1, 0.15) is 56.9 Å². The molecule has 0 aliphatic heterocycles. The molecule has 0 spiro atoms. The molecule has 5 heteroatoms. The van der Waals surface area contributed by atoms with Crippen molar-refractivity contribution in [3.63, 3.8) is 0 Å². The lowest BCUT2D eigenvalue weighted by atomic mass is 9.79. The van der Waals surface area contributed by atoms with E-state index < -0.39 is 0 Å². The number of benzene rings is 1. The van der Waals surface area contributed by atoms with Gasteiger partial charge in [0, 0.05) is 29.2 Å². The van der Waals surface area contributed by atoms with E-state index in [1.54, 1.807) is 6.20 Å². The van der Waals surface area contributed by atoms with Gasteiger partial charge in [-0.2, -0.15) is 0 Å². The Morgan fingerprint density at radius 1 is 1.10 bits per heavy atom. The quantitative estimate of drug-likeness (QED) is 0.548. The van der Waals surface area contributed by atoms with Crippen LogP contribution in [-0.4, -0.2) is 21.9 Å². The predicted molar refractivity (Wildman–Crippen MR) is 121 cm³/mol. The minimum atomic E-state index is 0.0663. The highest BCUT2D eigenvalue weighted by Gasteiger charge is 2.28. The molecule has 156 valence electrons. The van der Waals surface area contributed by atoms with Crippen LogP contribution in [0.25, 0.3) is 22.3 Å². The van der Waals surface area contributed by atoms with Gasteiger partial charge >= 0.3 is 0 Å². The molecule has 2 heterocycles. The van der Waals surface area contributed by atoms with Crippen molar-refractivity contribution < 1.29 is 4.79 Å². The zero-order chi connectivity index (χ0) is 20.7. The van der Waals surface area contributed by atoms with Crippen molar-refractivity contribution in [3.8, 4) is 11.3 Å². The Kier molecular flexibility index (Phi) is 5.07. The van der Waals surface area contributed by atoms with Crippen LogP contribution in [0.4, 0.5) is 5.69 Å². The molecule has 2 aliphatic rings. The van der Waals surface area contributed by atoms with Crippen LogP contribution in [0, 0.1) is 11.8 Å². The second-order valence-corrected chi connectivity index (χ2v) is 9.16. The fourth-order valence-electron chi connectivity index (χ4n) is 4.78. The van der Waals surface area contributed by atoms with E-state index in [4.69, 9.17) is 5.73 Å². The van der Waals surface area contributed by atoms with Gasteiger partial charge in [-0.15, -0.1) is 0 Å². The van der Waals surface area contributed by atoms with Gasteiger partial charge < -0.3 is 16.0 Å². The average molecular weight is 403 g/mol. The summed E-state index contributed by atoms with van der Waals surface area (Å²) in [6.07, 6.45) is 8.27. The van der Waals surface area contributed by atoms with Crippen LogP contribution in [0.15, 0.2) is 42.6 Å². The first-order chi connectivity index (χ1) is 14.6. The molecule has 0 radical (unpaired) electrons. The third-order valence-corrected chi connectivity index (χ3v) is 6.95. The molecule has 1 atom stereocenters. The number of hydrogen-bond acceptors (Lipinski definition) is 3. The van der Waals surface area contributed by atoms with Gasteiger partial charge in [-0.3, -0.25) is 4.79 Å². The maximum atomic E-state index is 12.9. The van der Waals surface area contributed by atoms with E-state index in [1.165, 1.54) is 18.4 Å². The lowest BCUT2D eigenvalue weighted by Crippen LogP contribution is -2.33. The maximum absolute atomic E-state index is 12.9. The monoisotopic (exact) mass is 402 g/mol. The summed E-state index contributed by atoms with van der Waals surface area (Å²) in [7, 11) is 0. The number of pyridine rings is 1. The molecule has 2 saturated carbocycles. The van der Waals surface area contributed by atoms with Crippen molar-refractivity contribution in [2.75, 3.05) is 5.32 Å². The third-order valence-electron chi connectivity index (χ3n) is 6.95. The average Bonchev–Trinajstić information content (AvgIpc) is 3.52. The number of aromatic nitrogens is 2. The molecule has 1 unspecified atom stereocenters. The smallest absolute Gasteiger partial charge is 0.227 e. The first-order valence-corrected chi connectivity index (χ1v) is 11.2. The number of nitrogens with zero attached hydrogens (tertiary/aromatic N) is 1. The van der Waals surface area contributed by atoms with Gasteiger partial charge in [-0.1, -0.05) is 24.3 Å². The summed E-state index contributed by atoms with van der Waals surface area (Å²) in [5.41, 5.74) is 11.3. The highest BCUT2D eigenvalue weighted by molar-refractivity contribution is 6.02. The number of carbonyl (C=O) groups excluding carboxylic acids is 1. The SMILES string of the molecule is CC(N)C1CCC(C(=O)Nc2ccnc3[nH]c(-c4ccc(C5CC5)cc4)cc23)CC1. The van der Waals surface area contributed by atoms with Crippen LogP contribution < -0.4 is 11.1 Å². The molecule has 4 N–H and O–H groups in total. The Morgan fingerprint density at radius 2 is 1.83 bits per heavy atom. The number of nitrogens with two attached hydrogens (primary N) is 1. The zero-order valence-corrected chi connectivity index (χ0v) is 17.5. The van der Waals surface area contributed by atoms with E-state index in [1.807, 2.05) is 6.07 Å². The maximum Gasteiger partial charge on any atom is 0.227 e. The highest BCUT2D eigenvalue weighted by Crippen LogP contribution is 2.40. The Hall–Kier alpha value is -2.66. The summed E-state index contributed by atoms with van der Waals surface area (Å²) in [5.74, 6) is 1.48. The van der Waals surface area contributed by atoms with E-state index in [0.29, 0.717) is 5.92 Å². The van der Waals surface area contributed by atoms with Crippen LogP contribution in [0.3, 0.4) is 0 Å². The molecular formula is C25H30N4O. The number of aromatic amines is 1.